The summed E-state index contributed by atoms with van der Waals surface area (Å²) in [6, 6.07) is 1.01. The SMILES string of the molecule is C=CCCC(CC)NC1CCC(=O)NC1. The van der Waals surface area contributed by atoms with E-state index in [2.05, 4.69) is 24.1 Å². The van der Waals surface area contributed by atoms with E-state index in [0.29, 0.717) is 18.5 Å². The summed E-state index contributed by atoms with van der Waals surface area (Å²) in [5.41, 5.74) is 0. The van der Waals surface area contributed by atoms with E-state index >= 15 is 0 Å². The van der Waals surface area contributed by atoms with Gasteiger partial charge >= 0.3 is 0 Å². The number of hydrogen-bond acceptors (Lipinski definition) is 2. The molecule has 1 aliphatic heterocycles. The van der Waals surface area contributed by atoms with Crippen LogP contribution in [0.15, 0.2) is 12.7 Å². The van der Waals surface area contributed by atoms with Crippen LogP contribution in [0.1, 0.15) is 39.0 Å². The summed E-state index contributed by atoms with van der Waals surface area (Å²) in [5, 5.41) is 6.49. The van der Waals surface area contributed by atoms with Gasteiger partial charge in [-0.05, 0) is 25.7 Å². The van der Waals surface area contributed by atoms with Gasteiger partial charge in [0.2, 0.25) is 5.91 Å². The quantitative estimate of drug-likeness (QED) is 0.654. The standard InChI is InChI=1S/C12H22N2O/c1-3-5-6-10(4-2)14-11-7-8-12(15)13-9-11/h3,10-11,14H,1,4-9H2,2H3,(H,13,15). The molecule has 0 saturated carbocycles. The second kappa shape index (κ2) is 6.62. The molecule has 1 rings (SSSR count). The molecular weight excluding hydrogens is 188 g/mol. The highest BCUT2D eigenvalue weighted by atomic mass is 16.1. The fourth-order valence-electron chi connectivity index (χ4n) is 1.93. The third kappa shape index (κ3) is 4.47. The molecule has 0 bridgehead atoms. The highest BCUT2D eigenvalue weighted by Gasteiger charge is 2.19. The molecule has 0 radical (unpaired) electrons. The van der Waals surface area contributed by atoms with Gasteiger partial charge < -0.3 is 10.6 Å². The normalized spacial score (nSPS) is 23.3. The van der Waals surface area contributed by atoms with Gasteiger partial charge in [0.15, 0.2) is 0 Å². The number of hydrogen-bond donors (Lipinski definition) is 2. The molecule has 2 unspecified atom stereocenters. The predicted octanol–water partition coefficient (Wildman–Crippen LogP) is 1.60. The molecule has 1 aliphatic rings. The lowest BCUT2D eigenvalue weighted by Crippen LogP contribution is -2.49. The molecule has 0 aromatic rings. The monoisotopic (exact) mass is 210 g/mol. The molecular formula is C12H22N2O. The predicted molar refractivity (Wildman–Crippen MR) is 62.7 cm³/mol. The Bertz CT molecular complexity index is 203. The maximum atomic E-state index is 11.0. The summed E-state index contributed by atoms with van der Waals surface area (Å²) in [6.07, 6.45) is 6.94. The highest BCUT2D eigenvalue weighted by Crippen LogP contribution is 2.08. The average Bonchev–Trinajstić information content (AvgIpc) is 2.27. The van der Waals surface area contributed by atoms with Gasteiger partial charge in [-0.3, -0.25) is 4.79 Å². The lowest BCUT2D eigenvalue weighted by molar-refractivity contribution is -0.122. The molecule has 1 fully saturated rings. The van der Waals surface area contributed by atoms with Gasteiger partial charge in [-0.15, -0.1) is 6.58 Å². The average molecular weight is 210 g/mol. The summed E-state index contributed by atoms with van der Waals surface area (Å²) in [5.74, 6) is 0.187. The van der Waals surface area contributed by atoms with Gasteiger partial charge in [-0.2, -0.15) is 0 Å². The largest absolute Gasteiger partial charge is 0.355 e. The van der Waals surface area contributed by atoms with E-state index in [1.807, 2.05) is 6.08 Å². The Labute approximate surface area is 92.3 Å². The van der Waals surface area contributed by atoms with Gasteiger partial charge in [0.25, 0.3) is 0 Å². The molecule has 1 amide bonds. The number of piperidine rings is 1. The zero-order valence-corrected chi connectivity index (χ0v) is 9.59. The van der Waals surface area contributed by atoms with Gasteiger partial charge in [-0.25, -0.2) is 0 Å². The third-order valence-corrected chi connectivity index (χ3v) is 2.95. The van der Waals surface area contributed by atoms with E-state index in [1.165, 1.54) is 0 Å². The third-order valence-electron chi connectivity index (χ3n) is 2.95. The van der Waals surface area contributed by atoms with Crippen molar-refractivity contribution in [3.63, 3.8) is 0 Å². The van der Waals surface area contributed by atoms with Gasteiger partial charge in [0, 0.05) is 25.0 Å². The summed E-state index contributed by atoms with van der Waals surface area (Å²) in [7, 11) is 0. The maximum Gasteiger partial charge on any atom is 0.220 e. The van der Waals surface area contributed by atoms with E-state index in [1.54, 1.807) is 0 Å². The minimum Gasteiger partial charge on any atom is -0.355 e. The fraction of sp³-hybridized carbons (Fsp3) is 0.750. The van der Waals surface area contributed by atoms with Crippen LogP contribution >= 0.6 is 0 Å². The topological polar surface area (TPSA) is 41.1 Å². The smallest absolute Gasteiger partial charge is 0.220 e. The highest BCUT2D eigenvalue weighted by molar-refractivity contribution is 5.76. The Morgan fingerprint density at radius 3 is 3.07 bits per heavy atom. The summed E-state index contributed by atoms with van der Waals surface area (Å²) in [6.45, 7) is 6.72. The number of rotatable bonds is 6. The molecule has 0 spiro atoms. The first-order valence-corrected chi connectivity index (χ1v) is 5.90. The summed E-state index contributed by atoms with van der Waals surface area (Å²) >= 11 is 0. The first kappa shape index (κ1) is 12.2. The number of amides is 1. The molecule has 15 heavy (non-hydrogen) atoms. The molecule has 1 heterocycles. The molecule has 3 nitrogen and oxygen atoms in total. The molecule has 0 aromatic carbocycles. The van der Waals surface area contributed by atoms with Crippen molar-refractivity contribution in [1.29, 1.82) is 0 Å². The van der Waals surface area contributed by atoms with Crippen LogP contribution in [0.25, 0.3) is 0 Å². The first-order valence-electron chi connectivity index (χ1n) is 5.90. The molecule has 2 N–H and O–H groups in total. The summed E-state index contributed by atoms with van der Waals surface area (Å²) < 4.78 is 0. The van der Waals surface area contributed by atoms with E-state index in [9.17, 15) is 4.79 Å². The van der Waals surface area contributed by atoms with Crippen molar-refractivity contribution in [2.75, 3.05) is 6.54 Å². The minimum absolute atomic E-state index is 0.187. The minimum atomic E-state index is 0.187. The van der Waals surface area contributed by atoms with Crippen molar-refractivity contribution >= 4 is 5.91 Å². The van der Waals surface area contributed by atoms with Crippen LogP contribution in [-0.4, -0.2) is 24.5 Å². The Hall–Kier alpha value is -0.830. The van der Waals surface area contributed by atoms with E-state index in [0.717, 1.165) is 32.2 Å². The zero-order chi connectivity index (χ0) is 11.1. The van der Waals surface area contributed by atoms with E-state index < -0.39 is 0 Å². The second-order valence-electron chi connectivity index (χ2n) is 4.18. The van der Waals surface area contributed by atoms with Gasteiger partial charge in [-0.1, -0.05) is 13.0 Å². The first-order chi connectivity index (χ1) is 7.26. The van der Waals surface area contributed by atoms with Gasteiger partial charge in [0.05, 0.1) is 0 Å². The van der Waals surface area contributed by atoms with Crippen molar-refractivity contribution in [3.05, 3.63) is 12.7 Å². The van der Waals surface area contributed by atoms with Gasteiger partial charge in [0.1, 0.15) is 0 Å². The molecule has 1 saturated heterocycles. The zero-order valence-electron chi connectivity index (χ0n) is 9.59. The Morgan fingerprint density at radius 1 is 1.73 bits per heavy atom. The Morgan fingerprint density at radius 2 is 2.53 bits per heavy atom. The molecule has 0 aromatic heterocycles. The van der Waals surface area contributed by atoms with Crippen LogP contribution in [0.4, 0.5) is 0 Å². The van der Waals surface area contributed by atoms with Crippen LogP contribution in [0.2, 0.25) is 0 Å². The maximum absolute atomic E-state index is 11.0. The number of carbonyl (C=O) groups is 1. The Kier molecular flexibility index (Phi) is 5.40. The van der Waals surface area contributed by atoms with Crippen molar-refractivity contribution in [3.8, 4) is 0 Å². The summed E-state index contributed by atoms with van der Waals surface area (Å²) in [4.78, 5) is 11.0. The number of allylic oxidation sites excluding steroid dienone is 1. The van der Waals surface area contributed by atoms with Crippen molar-refractivity contribution in [2.45, 2.75) is 51.1 Å². The number of carbonyl (C=O) groups excluding carboxylic acids is 1. The van der Waals surface area contributed by atoms with Crippen LogP contribution < -0.4 is 10.6 Å². The van der Waals surface area contributed by atoms with Crippen molar-refractivity contribution in [1.82, 2.24) is 10.6 Å². The molecule has 2 atom stereocenters. The van der Waals surface area contributed by atoms with Crippen molar-refractivity contribution in [2.24, 2.45) is 0 Å². The number of nitrogens with one attached hydrogen (secondary N) is 2. The van der Waals surface area contributed by atoms with Crippen LogP contribution in [0.3, 0.4) is 0 Å². The van der Waals surface area contributed by atoms with E-state index in [-0.39, 0.29) is 5.91 Å². The van der Waals surface area contributed by atoms with Crippen LogP contribution in [0, 0.1) is 0 Å². The molecule has 86 valence electrons. The van der Waals surface area contributed by atoms with Crippen LogP contribution in [-0.2, 0) is 4.79 Å². The second-order valence-corrected chi connectivity index (χ2v) is 4.18. The molecule has 3 heteroatoms. The van der Waals surface area contributed by atoms with Crippen molar-refractivity contribution < 1.29 is 4.79 Å². The van der Waals surface area contributed by atoms with Crippen LogP contribution in [0.5, 0.6) is 0 Å². The van der Waals surface area contributed by atoms with E-state index in [4.69, 9.17) is 0 Å². The lowest BCUT2D eigenvalue weighted by Gasteiger charge is -2.28. The Balaban J connectivity index is 2.25. The fourth-order valence-corrected chi connectivity index (χ4v) is 1.93. The molecule has 0 aliphatic carbocycles. The lowest BCUT2D eigenvalue weighted by atomic mass is 10.0.